The predicted molar refractivity (Wildman–Crippen MR) is 75.8 cm³/mol. The van der Waals surface area contributed by atoms with Gasteiger partial charge < -0.3 is 10.6 Å². The van der Waals surface area contributed by atoms with Gasteiger partial charge in [0.05, 0.1) is 6.04 Å². The van der Waals surface area contributed by atoms with E-state index in [2.05, 4.69) is 11.8 Å². The Hall–Kier alpha value is 0.0700. The molecule has 1 atom stereocenters. The Labute approximate surface area is 114 Å². The Balaban J connectivity index is 0.00000144. The van der Waals surface area contributed by atoms with E-state index in [9.17, 15) is 4.79 Å². The number of amides is 1. The number of rotatable bonds is 1. The third kappa shape index (κ3) is 3.52. The molecule has 3 nitrogen and oxygen atoms in total. The van der Waals surface area contributed by atoms with Crippen molar-refractivity contribution in [2.24, 2.45) is 5.73 Å². The maximum Gasteiger partial charge on any atom is 0.239 e. The van der Waals surface area contributed by atoms with Crippen LogP contribution in [0.5, 0.6) is 0 Å². The second-order valence-electron chi connectivity index (χ2n) is 5.14. The summed E-state index contributed by atoms with van der Waals surface area (Å²) in [6, 6.07) is -0.344. The number of nitrogens with two attached hydrogens (primary N) is 1. The Kier molecular flexibility index (Phi) is 5.61. The summed E-state index contributed by atoms with van der Waals surface area (Å²) in [5.74, 6) is 1.21. The zero-order chi connectivity index (χ0) is 11.6. The van der Waals surface area contributed by atoms with E-state index in [0.717, 1.165) is 18.8 Å². The molecule has 0 bridgehead atoms. The average molecular weight is 279 g/mol. The highest BCUT2D eigenvalue weighted by molar-refractivity contribution is 8.00. The smallest absolute Gasteiger partial charge is 0.239 e. The first kappa shape index (κ1) is 15.1. The quantitative estimate of drug-likeness (QED) is 0.798. The normalized spacial score (nSPS) is 25.2. The van der Waals surface area contributed by atoms with E-state index in [1.807, 2.05) is 4.90 Å². The van der Waals surface area contributed by atoms with E-state index in [4.69, 9.17) is 5.73 Å². The standard InChI is InChI=1S/C12H22N2OS.ClH/c1-10(13)11(15)14-7-8-16-12(9-14)5-3-2-4-6-12;/h10H,2-9,13H2,1H3;1H/t10-;/m1./s1. The molecular weight excluding hydrogens is 256 g/mol. The van der Waals surface area contributed by atoms with Gasteiger partial charge in [-0.2, -0.15) is 11.8 Å². The maximum absolute atomic E-state index is 11.9. The van der Waals surface area contributed by atoms with Gasteiger partial charge in [0.2, 0.25) is 5.91 Å². The molecule has 0 aromatic carbocycles. The summed E-state index contributed by atoms with van der Waals surface area (Å²) in [4.78, 5) is 13.9. The van der Waals surface area contributed by atoms with Gasteiger partial charge in [-0.3, -0.25) is 4.79 Å². The number of nitrogens with zero attached hydrogens (tertiary/aromatic N) is 1. The van der Waals surface area contributed by atoms with E-state index >= 15 is 0 Å². The minimum atomic E-state index is -0.344. The fourth-order valence-electron chi connectivity index (χ4n) is 2.82. The number of carbonyl (C=O) groups excluding carboxylic acids is 1. The summed E-state index contributed by atoms with van der Waals surface area (Å²) < 4.78 is 0.362. The van der Waals surface area contributed by atoms with Crippen LogP contribution in [0.2, 0.25) is 0 Å². The number of thioether (sulfide) groups is 1. The molecule has 1 saturated carbocycles. The van der Waals surface area contributed by atoms with E-state index in [0.29, 0.717) is 4.75 Å². The van der Waals surface area contributed by atoms with E-state index < -0.39 is 0 Å². The van der Waals surface area contributed by atoms with Crippen molar-refractivity contribution in [2.75, 3.05) is 18.8 Å². The van der Waals surface area contributed by atoms with Crippen LogP contribution < -0.4 is 5.73 Å². The lowest BCUT2D eigenvalue weighted by molar-refractivity contribution is -0.132. The van der Waals surface area contributed by atoms with Gasteiger partial charge in [0.15, 0.2) is 0 Å². The largest absolute Gasteiger partial charge is 0.339 e. The van der Waals surface area contributed by atoms with Gasteiger partial charge in [0.1, 0.15) is 0 Å². The number of hydrogen-bond donors (Lipinski definition) is 1. The molecule has 1 aliphatic heterocycles. The number of carbonyl (C=O) groups is 1. The lowest BCUT2D eigenvalue weighted by Crippen LogP contribution is -2.53. The summed E-state index contributed by atoms with van der Waals surface area (Å²) in [7, 11) is 0. The van der Waals surface area contributed by atoms with Crippen LogP contribution in [0.1, 0.15) is 39.0 Å². The molecule has 1 spiro atoms. The summed E-state index contributed by atoms with van der Waals surface area (Å²) in [5, 5.41) is 0. The molecule has 1 saturated heterocycles. The van der Waals surface area contributed by atoms with Crippen molar-refractivity contribution in [1.29, 1.82) is 0 Å². The van der Waals surface area contributed by atoms with Crippen LogP contribution in [0.3, 0.4) is 0 Å². The van der Waals surface area contributed by atoms with Gasteiger partial charge in [-0.25, -0.2) is 0 Å². The average Bonchev–Trinajstić information content (AvgIpc) is 2.29. The fraction of sp³-hybridized carbons (Fsp3) is 0.917. The Morgan fingerprint density at radius 3 is 2.59 bits per heavy atom. The highest BCUT2D eigenvalue weighted by atomic mass is 35.5. The lowest BCUT2D eigenvalue weighted by Gasteiger charge is -2.45. The molecule has 0 unspecified atom stereocenters. The maximum atomic E-state index is 11.9. The molecule has 0 aromatic heterocycles. The molecular formula is C12H23ClN2OS. The van der Waals surface area contributed by atoms with E-state index in [-0.39, 0.29) is 24.4 Å². The summed E-state index contributed by atoms with van der Waals surface area (Å²) in [5.41, 5.74) is 5.69. The Morgan fingerprint density at radius 1 is 1.35 bits per heavy atom. The van der Waals surface area contributed by atoms with Gasteiger partial charge >= 0.3 is 0 Å². The highest BCUT2D eigenvalue weighted by Gasteiger charge is 2.38. The van der Waals surface area contributed by atoms with E-state index in [1.54, 1.807) is 6.92 Å². The van der Waals surface area contributed by atoms with Crippen molar-refractivity contribution >= 4 is 30.1 Å². The summed E-state index contributed by atoms with van der Waals surface area (Å²) >= 11 is 2.08. The van der Waals surface area contributed by atoms with Gasteiger partial charge in [-0.1, -0.05) is 19.3 Å². The molecule has 1 amide bonds. The van der Waals surface area contributed by atoms with Crippen LogP contribution in [-0.4, -0.2) is 40.4 Å². The molecule has 1 heterocycles. The molecule has 2 N–H and O–H groups in total. The molecule has 2 aliphatic rings. The molecule has 2 rings (SSSR count). The van der Waals surface area contributed by atoms with E-state index in [1.165, 1.54) is 32.1 Å². The summed E-state index contributed by atoms with van der Waals surface area (Å²) in [6.45, 7) is 3.60. The molecule has 1 aliphatic carbocycles. The Morgan fingerprint density at radius 2 is 2.00 bits per heavy atom. The van der Waals surface area contributed by atoms with Crippen LogP contribution in [0.15, 0.2) is 0 Å². The van der Waals surface area contributed by atoms with Gasteiger partial charge in [-0.05, 0) is 19.8 Å². The van der Waals surface area contributed by atoms with Crippen LogP contribution in [0.25, 0.3) is 0 Å². The Bertz CT molecular complexity index is 262. The number of hydrogen-bond acceptors (Lipinski definition) is 3. The molecule has 17 heavy (non-hydrogen) atoms. The van der Waals surface area contributed by atoms with Gasteiger partial charge in [0, 0.05) is 23.6 Å². The SMILES string of the molecule is C[C@@H](N)C(=O)N1CCSC2(CCCCC2)C1.Cl. The zero-order valence-electron chi connectivity index (χ0n) is 10.5. The second-order valence-corrected chi connectivity index (χ2v) is 6.70. The first-order valence-electron chi connectivity index (χ1n) is 6.31. The van der Waals surface area contributed by atoms with Crippen molar-refractivity contribution in [1.82, 2.24) is 4.90 Å². The van der Waals surface area contributed by atoms with Crippen LogP contribution in [0.4, 0.5) is 0 Å². The fourth-order valence-corrected chi connectivity index (χ4v) is 4.39. The van der Waals surface area contributed by atoms with Crippen LogP contribution >= 0.6 is 24.2 Å². The third-order valence-electron chi connectivity index (χ3n) is 3.71. The first-order valence-corrected chi connectivity index (χ1v) is 7.30. The number of halogens is 1. The van der Waals surface area contributed by atoms with Crippen molar-refractivity contribution in [3.63, 3.8) is 0 Å². The topological polar surface area (TPSA) is 46.3 Å². The molecule has 5 heteroatoms. The van der Waals surface area contributed by atoms with Gasteiger partial charge in [0.25, 0.3) is 0 Å². The summed E-state index contributed by atoms with van der Waals surface area (Å²) in [6.07, 6.45) is 6.57. The van der Waals surface area contributed by atoms with Crippen molar-refractivity contribution < 1.29 is 4.79 Å². The lowest BCUT2D eigenvalue weighted by atomic mass is 9.87. The third-order valence-corrected chi connectivity index (χ3v) is 5.25. The molecule has 0 aromatic rings. The minimum Gasteiger partial charge on any atom is -0.339 e. The van der Waals surface area contributed by atoms with Gasteiger partial charge in [-0.15, -0.1) is 12.4 Å². The predicted octanol–water partition coefficient (Wildman–Crippen LogP) is 2.03. The first-order chi connectivity index (χ1) is 7.63. The minimum absolute atomic E-state index is 0. The van der Waals surface area contributed by atoms with Crippen LogP contribution in [0, 0.1) is 0 Å². The van der Waals surface area contributed by atoms with Crippen molar-refractivity contribution in [3.05, 3.63) is 0 Å². The highest BCUT2D eigenvalue weighted by Crippen LogP contribution is 2.42. The van der Waals surface area contributed by atoms with Crippen LogP contribution in [-0.2, 0) is 4.79 Å². The second kappa shape index (κ2) is 6.30. The van der Waals surface area contributed by atoms with Crippen molar-refractivity contribution in [2.45, 2.75) is 49.8 Å². The zero-order valence-corrected chi connectivity index (χ0v) is 12.1. The molecule has 0 radical (unpaired) electrons. The molecule has 100 valence electrons. The molecule has 2 fully saturated rings. The van der Waals surface area contributed by atoms with Crippen molar-refractivity contribution in [3.8, 4) is 0 Å². The monoisotopic (exact) mass is 278 g/mol.